The molecule has 0 radical (unpaired) electrons. The van der Waals surface area contributed by atoms with Crippen LogP contribution >= 0.6 is 0 Å². The highest BCUT2D eigenvalue weighted by Crippen LogP contribution is 2.29. The third-order valence-corrected chi connectivity index (χ3v) is 7.99. The average Bonchev–Trinajstić information content (AvgIpc) is 2.84. The van der Waals surface area contributed by atoms with Gasteiger partial charge in [-0.1, -0.05) is 24.8 Å². The van der Waals surface area contributed by atoms with E-state index < -0.39 is 16.3 Å². The average molecular weight is 517 g/mol. The molecule has 0 bridgehead atoms. The zero-order chi connectivity index (χ0) is 26.0. The number of nitrogens with two attached hydrogens (primary N) is 1. The first-order valence-corrected chi connectivity index (χ1v) is 13.5. The van der Waals surface area contributed by atoms with Crippen molar-refractivity contribution in [3.63, 3.8) is 0 Å². The van der Waals surface area contributed by atoms with E-state index in [2.05, 4.69) is 11.5 Å². The second kappa shape index (κ2) is 10.7. The first-order valence-electron chi connectivity index (χ1n) is 12.0. The predicted octanol–water partition coefficient (Wildman–Crippen LogP) is 2.53. The van der Waals surface area contributed by atoms with Gasteiger partial charge in [-0.05, 0) is 66.8 Å². The third-order valence-electron chi connectivity index (χ3n) is 6.95. The Balaban J connectivity index is 1.54. The van der Waals surface area contributed by atoms with Crippen molar-refractivity contribution in [1.82, 2.24) is 14.1 Å². The molecule has 2 aliphatic heterocycles. The number of fused-ring (bicyclic) bond motifs is 1. The van der Waals surface area contributed by atoms with Gasteiger partial charge < -0.3 is 9.64 Å². The van der Waals surface area contributed by atoms with Gasteiger partial charge in [-0.3, -0.25) is 9.69 Å². The van der Waals surface area contributed by atoms with Gasteiger partial charge >= 0.3 is 0 Å². The number of hydrogen-bond acceptors (Lipinski definition) is 5. The molecule has 1 fully saturated rings. The molecule has 10 heteroatoms. The molecule has 8 nitrogen and oxygen atoms in total. The van der Waals surface area contributed by atoms with Gasteiger partial charge in [0.1, 0.15) is 17.7 Å². The van der Waals surface area contributed by atoms with Gasteiger partial charge in [-0.2, -0.15) is 12.7 Å². The SMILES string of the molecule is C=CC(=O)N1CCN(C[C@@H](Oc2ccc3c(c2)CCN(S(N)(=O)=O)C3)c2ccc(C)c(F)c2)C[C@H]1C. The van der Waals surface area contributed by atoms with Crippen molar-refractivity contribution in [2.45, 2.75) is 39.0 Å². The topological polar surface area (TPSA) is 96.2 Å². The fourth-order valence-corrected chi connectivity index (χ4v) is 5.52. The minimum atomic E-state index is -3.74. The summed E-state index contributed by atoms with van der Waals surface area (Å²) in [6.45, 7) is 10.3. The molecule has 2 aromatic rings. The Morgan fingerprint density at radius 3 is 2.67 bits per heavy atom. The summed E-state index contributed by atoms with van der Waals surface area (Å²) in [5.74, 6) is 0.271. The molecular weight excluding hydrogens is 483 g/mol. The largest absolute Gasteiger partial charge is 0.484 e. The van der Waals surface area contributed by atoms with Crippen LogP contribution in [0.25, 0.3) is 0 Å². The molecule has 0 saturated carbocycles. The molecule has 0 aromatic heterocycles. The lowest BCUT2D eigenvalue weighted by molar-refractivity contribution is -0.130. The van der Waals surface area contributed by atoms with Crippen LogP contribution in [0.15, 0.2) is 49.1 Å². The maximum absolute atomic E-state index is 14.5. The summed E-state index contributed by atoms with van der Waals surface area (Å²) in [4.78, 5) is 16.1. The van der Waals surface area contributed by atoms with Crippen molar-refractivity contribution in [3.05, 3.63) is 77.1 Å². The van der Waals surface area contributed by atoms with E-state index in [9.17, 15) is 17.6 Å². The Bertz CT molecular complexity index is 1250. The molecule has 2 aromatic carbocycles. The summed E-state index contributed by atoms with van der Waals surface area (Å²) in [5, 5.41) is 5.29. The zero-order valence-corrected chi connectivity index (χ0v) is 21.5. The highest BCUT2D eigenvalue weighted by Gasteiger charge is 2.29. The third kappa shape index (κ3) is 5.95. The lowest BCUT2D eigenvalue weighted by atomic mass is 10.0. The Morgan fingerprint density at radius 1 is 1.22 bits per heavy atom. The number of amides is 1. The van der Waals surface area contributed by atoms with Crippen LogP contribution < -0.4 is 9.88 Å². The van der Waals surface area contributed by atoms with Crippen molar-refractivity contribution in [2.24, 2.45) is 5.14 Å². The van der Waals surface area contributed by atoms with Crippen LogP contribution in [-0.4, -0.2) is 67.2 Å². The van der Waals surface area contributed by atoms with Crippen LogP contribution in [0.1, 0.15) is 35.3 Å². The lowest BCUT2D eigenvalue weighted by Crippen LogP contribution is -2.54. The molecule has 1 saturated heterocycles. The number of carbonyl (C=O) groups excluding carboxylic acids is 1. The van der Waals surface area contributed by atoms with Gasteiger partial charge in [0.15, 0.2) is 0 Å². The van der Waals surface area contributed by atoms with Gasteiger partial charge in [-0.25, -0.2) is 9.53 Å². The number of carbonyl (C=O) groups is 1. The Labute approximate surface area is 212 Å². The minimum Gasteiger partial charge on any atom is -0.484 e. The number of nitrogens with zero attached hydrogens (tertiary/aromatic N) is 3. The van der Waals surface area contributed by atoms with E-state index >= 15 is 0 Å². The van der Waals surface area contributed by atoms with Gasteiger partial charge in [0.25, 0.3) is 10.2 Å². The molecule has 2 N–H and O–H groups in total. The van der Waals surface area contributed by atoms with E-state index in [1.165, 1.54) is 16.4 Å². The Kier molecular flexibility index (Phi) is 7.79. The number of halogens is 1. The maximum Gasteiger partial charge on any atom is 0.277 e. The molecule has 2 heterocycles. The van der Waals surface area contributed by atoms with Gasteiger partial charge in [-0.15, -0.1) is 0 Å². The van der Waals surface area contributed by atoms with Crippen LogP contribution in [0, 0.1) is 12.7 Å². The van der Waals surface area contributed by atoms with E-state index in [0.29, 0.717) is 50.5 Å². The fourth-order valence-electron chi connectivity index (χ4n) is 4.86. The summed E-state index contributed by atoms with van der Waals surface area (Å²) >= 11 is 0. The molecular formula is C26H33FN4O4S. The zero-order valence-electron chi connectivity index (χ0n) is 20.7. The number of ether oxygens (including phenoxy) is 1. The van der Waals surface area contributed by atoms with E-state index in [0.717, 1.165) is 16.7 Å². The molecule has 1 amide bonds. The minimum absolute atomic E-state index is 0.0187. The Morgan fingerprint density at radius 2 is 2.00 bits per heavy atom. The number of rotatable bonds is 7. The van der Waals surface area contributed by atoms with Crippen LogP contribution in [0.2, 0.25) is 0 Å². The highest BCUT2D eigenvalue weighted by atomic mass is 32.2. The normalized spacial score (nSPS) is 20.0. The fraction of sp³-hybridized carbons (Fsp3) is 0.423. The summed E-state index contributed by atoms with van der Waals surface area (Å²) in [5.41, 5.74) is 3.19. The standard InChI is InChI=1S/C26H33FN4O4S/c1-4-26(32)31-12-11-29(15-19(31)3)17-25(21-6-5-18(2)24(27)14-21)35-23-8-7-22-16-30(36(28,33)34)10-9-20(22)13-23/h4-8,13-14,19,25H,1,9-12,15-17H2,2-3H3,(H2,28,33,34)/t19-,25-/m1/s1. The molecule has 2 aliphatic rings. The summed E-state index contributed by atoms with van der Waals surface area (Å²) in [6, 6.07) is 10.8. The van der Waals surface area contributed by atoms with Crippen molar-refractivity contribution in [3.8, 4) is 5.75 Å². The second-order valence-corrected chi connectivity index (χ2v) is 11.1. The summed E-state index contributed by atoms with van der Waals surface area (Å²) < 4.78 is 45.6. The number of benzene rings is 2. The van der Waals surface area contributed by atoms with Crippen molar-refractivity contribution in [1.29, 1.82) is 0 Å². The Hall–Kier alpha value is -2.79. The predicted molar refractivity (Wildman–Crippen MR) is 136 cm³/mol. The van der Waals surface area contributed by atoms with Gasteiger partial charge in [0, 0.05) is 45.3 Å². The summed E-state index contributed by atoms with van der Waals surface area (Å²) in [7, 11) is -3.74. The smallest absolute Gasteiger partial charge is 0.277 e. The number of hydrogen-bond donors (Lipinski definition) is 1. The van der Waals surface area contributed by atoms with Crippen LogP contribution in [0.5, 0.6) is 5.75 Å². The molecule has 2 atom stereocenters. The van der Waals surface area contributed by atoms with E-state index in [1.54, 1.807) is 17.9 Å². The molecule has 0 aliphatic carbocycles. The molecule has 36 heavy (non-hydrogen) atoms. The number of aryl methyl sites for hydroxylation is 1. The van der Waals surface area contributed by atoms with E-state index in [1.807, 2.05) is 31.2 Å². The second-order valence-electron chi connectivity index (χ2n) is 9.52. The van der Waals surface area contributed by atoms with Crippen LogP contribution in [0.3, 0.4) is 0 Å². The lowest BCUT2D eigenvalue weighted by Gasteiger charge is -2.40. The molecule has 194 valence electrons. The quantitative estimate of drug-likeness (QED) is 0.571. The molecule has 4 rings (SSSR count). The monoisotopic (exact) mass is 516 g/mol. The first-order chi connectivity index (χ1) is 17.0. The van der Waals surface area contributed by atoms with Crippen molar-refractivity contribution < 1.29 is 22.3 Å². The number of piperazine rings is 1. The summed E-state index contributed by atoms with van der Waals surface area (Å²) in [6.07, 6.45) is 1.44. The van der Waals surface area contributed by atoms with Gasteiger partial charge in [0.05, 0.1) is 0 Å². The van der Waals surface area contributed by atoms with Crippen molar-refractivity contribution in [2.75, 3.05) is 32.7 Å². The van der Waals surface area contributed by atoms with Crippen molar-refractivity contribution >= 4 is 16.1 Å². The van der Waals surface area contributed by atoms with Crippen LogP contribution in [0.4, 0.5) is 4.39 Å². The molecule has 0 spiro atoms. The van der Waals surface area contributed by atoms with E-state index in [-0.39, 0.29) is 24.3 Å². The first kappa shape index (κ1) is 26.3. The van der Waals surface area contributed by atoms with E-state index in [4.69, 9.17) is 9.88 Å². The van der Waals surface area contributed by atoms with Crippen LogP contribution in [-0.2, 0) is 28.0 Å². The molecule has 0 unspecified atom stereocenters. The highest BCUT2D eigenvalue weighted by molar-refractivity contribution is 7.86. The maximum atomic E-state index is 14.5. The van der Waals surface area contributed by atoms with Gasteiger partial charge in [0.2, 0.25) is 5.91 Å².